The molecule has 0 aromatic heterocycles. The normalized spacial score (nSPS) is 29.7. The third-order valence-electron chi connectivity index (χ3n) is 7.19. The third-order valence-corrected chi connectivity index (χ3v) is 11.5. The molecule has 2 rings (SSSR count). The van der Waals surface area contributed by atoms with E-state index in [1.54, 1.807) is 7.11 Å². The summed E-state index contributed by atoms with van der Waals surface area (Å²) >= 11 is 0. The summed E-state index contributed by atoms with van der Waals surface area (Å²) in [5.41, 5.74) is 1.73. The number of rotatable bonds is 5. The van der Waals surface area contributed by atoms with Crippen molar-refractivity contribution in [2.24, 2.45) is 17.3 Å². The fourth-order valence-corrected chi connectivity index (χ4v) is 5.16. The maximum absolute atomic E-state index is 13.4. The van der Waals surface area contributed by atoms with Gasteiger partial charge in [-0.15, -0.1) is 0 Å². The summed E-state index contributed by atoms with van der Waals surface area (Å²) in [4.78, 5) is 13.4. The standard InChI is InChI=1S/C23H38O3Si/c1-15(2)17-12-19-13-18(11-16(3)25-8)21(23(19,7)20(24)14-17)26-27(9,10)22(4,5)6/h11,17,19H,1,12-14H2,2-10H3/b16-11-/t17-,19?,23-/m1/s1. The van der Waals surface area contributed by atoms with Gasteiger partial charge in [0.05, 0.1) is 24.0 Å². The highest BCUT2D eigenvalue weighted by atomic mass is 28.4. The molecule has 152 valence electrons. The number of methoxy groups -OCH3 is 1. The SMILES string of the molecule is C=C(C)[C@H]1CC(=O)[C@]2(C)C(O[Si](C)(C)C(C)(C)C)=C(/C=C(/C)OC)CC2C1. The topological polar surface area (TPSA) is 35.5 Å². The molecule has 0 N–H and O–H groups in total. The lowest BCUT2D eigenvalue weighted by Crippen LogP contribution is -2.47. The first-order chi connectivity index (χ1) is 12.2. The molecule has 0 radical (unpaired) electrons. The van der Waals surface area contributed by atoms with E-state index in [0.29, 0.717) is 12.2 Å². The number of fused-ring (bicyclic) bond motifs is 1. The second-order valence-electron chi connectivity index (χ2n) is 10.2. The number of hydrogen-bond acceptors (Lipinski definition) is 3. The van der Waals surface area contributed by atoms with Gasteiger partial charge in [-0.1, -0.05) is 32.9 Å². The lowest BCUT2D eigenvalue weighted by atomic mass is 9.63. The fourth-order valence-electron chi connectivity index (χ4n) is 4.00. The molecule has 3 nitrogen and oxygen atoms in total. The molecule has 0 spiro atoms. The first-order valence-electron chi connectivity index (χ1n) is 10.1. The first-order valence-corrected chi connectivity index (χ1v) is 13.0. The van der Waals surface area contributed by atoms with Crippen LogP contribution >= 0.6 is 0 Å². The van der Waals surface area contributed by atoms with Gasteiger partial charge in [-0.2, -0.15) is 0 Å². The molecule has 0 aromatic carbocycles. The Hall–Kier alpha value is -1.29. The summed E-state index contributed by atoms with van der Waals surface area (Å²) < 4.78 is 12.2. The van der Waals surface area contributed by atoms with Crippen LogP contribution in [0.25, 0.3) is 0 Å². The lowest BCUT2D eigenvalue weighted by molar-refractivity contribution is -0.133. The highest BCUT2D eigenvalue weighted by Gasteiger charge is 2.56. The van der Waals surface area contributed by atoms with Crippen LogP contribution in [0.15, 0.2) is 35.3 Å². The van der Waals surface area contributed by atoms with E-state index in [4.69, 9.17) is 9.16 Å². The number of Topliss-reactive ketones (excluding diaryl/α,β-unsaturated/α-hetero) is 1. The van der Waals surface area contributed by atoms with Gasteiger partial charge >= 0.3 is 0 Å². The lowest BCUT2D eigenvalue weighted by Gasteiger charge is -2.44. The van der Waals surface area contributed by atoms with Crippen molar-refractivity contribution in [1.29, 1.82) is 0 Å². The van der Waals surface area contributed by atoms with Crippen molar-refractivity contribution in [3.05, 3.63) is 35.3 Å². The molecule has 0 saturated heterocycles. The van der Waals surface area contributed by atoms with Crippen molar-refractivity contribution >= 4 is 14.1 Å². The van der Waals surface area contributed by atoms with Crippen LogP contribution in [-0.4, -0.2) is 21.2 Å². The largest absolute Gasteiger partial charge is 0.545 e. The zero-order chi connectivity index (χ0) is 20.8. The number of ether oxygens (including phenoxy) is 1. The molecule has 0 amide bonds. The number of carbonyl (C=O) groups is 1. The zero-order valence-corrected chi connectivity index (χ0v) is 19.8. The Morgan fingerprint density at radius 2 is 1.85 bits per heavy atom. The van der Waals surface area contributed by atoms with Gasteiger partial charge in [0, 0.05) is 6.42 Å². The number of ketones is 1. The Kier molecular flexibility index (Phi) is 5.92. The van der Waals surface area contributed by atoms with Gasteiger partial charge in [0.25, 0.3) is 0 Å². The smallest absolute Gasteiger partial charge is 0.250 e. The van der Waals surface area contributed by atoms with E-state index in [9.17, 15) is 4.79 Å². The molecule has 1 saturated carbocycles. The van der Waals surface area contributed by atoms with Gasteiger partial charge in [0.2, 0.25) is 8.32 Å². The van der Waals surface area contributed by atoms with Crippen LogP contribution in [0.4, 0.5) is 0 Å². The van der Waals surface area contributed by atoms with Gasteiger partial charge in [0.1, 0.15) is 5.78 Å². The summed E-state index contributed by atoms with van der Waals surface area (Å²) in [7, 11) is -0.375. The predicted molar refractivity (Wildman–Crippen MR) is 115 cm³/mol. The average molecular weight is 391 g/mol. The Morgan fingerprint density at radius 1 is 1.26 bits per heavy atom. The highest BCUT2D eigenvalue weighted by molar-refractivity contribution is 6.74. The van der Waals surface area contributed by atoms with Crippen molar-refractivity contribution in [3.63, 3.8) is 0 Å². The van der Waals surface area contributed by atoms with E-state index in [-0.39, 0.29) is 16.9 Å². The minimum absolute atomic E-state index is 0.0809. The summed E-state index contributed by atoms with van der Waals surface area (Å²) in [5, 5.41) is 0.0809. The molecule has 4 heteroatoms. The molecule has 1 fully saturated rings. The van der Waals surface area contributed by atoms with Gasteiger partial charge < -0.3 is 9.16 Å². The summed E-state index contributed by atoms with van der Waals surface area (Å²) in [6, 6.07) is 0. The maximum Gasteiger partial charge on any atom is 0.250 e. The number of carbonyl (C=O) groups excluding carboxylic acids is 1. The highest BCUT2D eigenvalue weighted by Crippen LogP contribution is 2.57. The first kappa shape index (κ1) is 22.0. The summed E-state index contributed by atoms with van der Waals surface area (Å²) in [6.07, 6.45) is 4.53. The van der Waals surface area contributed by atoms with Crippen molar-refractivity contribution < 1.29 is 14.0 Å². The molecule has 27 heavy (non-hydrogen) atoms. The van der Waals surface area contributed by atoms with Gasteiger partial charge in [0.15, 0.2) is 0 Å². The van der Waals surface area contributed by atoms with Crippen molar-refractivity contribution in [2.45, 2.75) is 78.9 Å². The van der Waals surface area contributed by atoms with Crippen LogP contribution in [0.5, 0.6) is 0 Å². The van der Waals surface area contributed by atoms with E-state index in [2.05, 4.69) is 53.4 Å². The van der Waals surface area contributed by atoms with E-state index in [1.165, 1.54) is 0 Å². The number of allylic oxidation sites excluding steroid dienone is 5. The molecule has 0 aromatic rings. The molecule has 2 aliphatic rings. The van der Waals surface area contributed by atoms with Crippen LogP contribution in [0.1, 0.15) is 60.8 Å². The third kappa shape index (κ3) is 3.96. The van der Waals surface area contributed by atoms with Crippen LogP contribution in [-0.2, 0) is 14.0 Å². The molecule has 0 heterocycles. The quantitative estimate of drug-likeness (QED) is 0.310. The Balaban J connectivity index is 2.54. The summed E-state index contributed by atoms with van der Waals surface area (Å²) in [6.45, 7) is 21.5. The Bertz CT molecular complexity index is 693. The molecule has 2 aliphatic carbocycles. The van der Waals surface area contributed by atoms with E-state index in [0.717, 1.165) is 35.5 Å². The van der Waals surface area contributed by atoms with Crippen LogP contribution in [0.2, 0.25) is 18.1 Å². The maximum atomic E-state index is 13.4. The van der Waals surface area contributed by atoms with Crippen molar-refractivity contribution in [3.8, 4) is 0 Å². The molecule has 1 unspecified atom stereocenters. The van der Waals surface area contributed by atoms with Crippen LogP contribution in [0.3, 0.4) is 0 Å². The second kappa shape index (κ2) is 7.27. The van der Waals surface area contributed by atoms with E-state index >= 15 is 0 Å². The average Bonchev–Trinajstić information content (AvgIpc) is 2.79. The van der Waals surface area contributed by atoms with Crippen LogP contribution in [0, 0.1) is 17.3 Å². The monoisotopic (exact) mass is 390 g/mol. The van der Waals surface area contributed by atoms with E-state index in [1.807, 2.05) is 13.8 Å². The Labute approximate surface area is 167 Å². The predicted octanol–water partition coefficient (Wildman–Crippen LogP) is 6.39. The fraction of sp³-hybridized carbons (Fsp3) is 0.696. The van der Waals surface area contributed by atoms with Crippen molar-refractivity contribution in [1.82, 2.24) is 0 Å². The number of hydrogen-bond donors (Lipinski definition) is 0. The Morgan fingerprint density at radius 3 is 2.33 bits per heavy atom. The molecule has 0 aliphatic heterocycles. The molecular weight excluding hydrogens is 352 g/mol. The zero-order valence-electron chi connectivity index (χ0n) is 18.8. The van der Waals surface area contributed by atoms with E-state index < -0.39 is 13.7 Å². The van der Waals surface area contributed by atoms with Gasteiger partial charge in [-0.25, -0.2) is 0 Å². The van der Waals surface area contributed by atoms with Crippen molar-refractivity contribution in [2.75, 3.05) is 7.11 Å². The summed E-state index contributed by atoms with van der Waals surface area (Å²) in [5.74, 6) is 2.64. The minimum atomic E-state index is -2.06. The molecule has 3 atom stereocenters. The van der Waals surface area contributed by atoms with Gasteiger partial charge in [-0.05, 0) is 75.2 Å². The van der Waals surface area contributed by atoms with Gasteiger partial charge in [-0.3, -0.25) is 4.79 Å². The van der Waals surface area contributed by atoms with Crippen LogP contribution < -0.4 is 0 Å². The second-order valence-corrected chi connectivity index (χ2v) is 14.9. The minimum Gasteiger partial charge on any atom is -0.545 e. The molecule has 0 bridgehead atoms. The molecular formula is C23H38O3Si.